The number of hydrogen-bond acceptors (Lipinski definition) is 5. The Hall–Kier alpha value is -1.85. The molecule has 132 valence electrons. The molecule has 2 aromatic rings. The van der Waals surface area contributed by atoms with E-state index in [9.17, 15) is 13.7 Å². The highest BCUT2D eigenvalue weighted by Gasteiger charge is 2.30. The van der Waals surface area contributed by atoms with Crippen LogP contribution in [0.5, 0.6) is 0 Å². The van der Waals surface area contributed by atoms with Crippen LogP contribution >= 0.6 is 15.9 Å². The predicted octanol–water partition coefficient (Wildman–Crippen LogP) is 4.18. The van der Waals surface area contributed by atoms with Gasteiger partial charge in [-0.25, -0.2) is 17.7 Å². The average molecular weight is 424 g/mol. The van der Waals surface area contributed by atoms with Crippen molar-refractivity contribution in [2.45, 2.75) is 42.9 Å². The maximum atomic E-state index is 12.8. The molecule has 0 atom stereocenters. The van der Waals surface area contributed by atoms with Crippen LogP contribution in [-0.4, -0.2) is 20.4 Å². The molecular formula is C17H18BrN3O3S. The Labute approximate surface area is 155 Å². The topological polar surface area (TPSA) is 87.2 Å². The van der Waals surface area contributed by atoms with Crippen LogP contribution in [0.15, 0.2) is 38.1 Å². The predicted molar refractivity (Wildman–Crippen MR) is 96.8 cm³/mol. The van der Waals surface area contributed by atoms with Gasteiger partial charge >= 0.3 is 0 Å². The molecule has 0 N–H and O–H groups in total. The molecule has 1 fully saturated rings. The van der Waals surface area contributed by atoms with Gasteiger partial charge in [0.2, 0.25) is 17.5 Å². The van der Waals surface area contributed by atoms with E-state index < -0.39 is 10.0 Å². The number of oxazole rings is 1. The van der Waals surface area contributed by atoms with Crippen LogP contribution in [-0.2, 0) is 10.0 Å². The molecule has 8 heteroatoms. The summed E-state index contributed by atoms with van der Waals surface area (Å²) in [4.78, 5) is 4.38. The highest BCUT2D eigenvalue weighted by Crippen LogP contribution is 2.36. The van der Waals surface area contributed by atoms with Crippen molar-refractivity contribution in [2.75, 3.05) is 11.4 Å². The Bertz CT molecular complexity index is 894. The quantitative estimate of drug-likeness (QED) is 0.735. The van der Waals surface area contributed by atoms with E-state index in [1.54, 1.807) is 12.1 Å². The molecule has 0 saturated heterocycles. The Balaban J connectivity index is 1.96. The highest BCUT2D eigenvalue weighted by molar-refractivity contribution is 9.10. The van der Waals surface area contributed by atoms with Gasteiger partial charge in [0.15, 0.2) is 0 Å². The summed E-state index contributed by atoms with van der Waals surface area (Å²) in [6, 6.07) is 8.26. The normalized spacial score (nSPS) is 15.7. The Morgan fingerprint density at radius 1 is 1.24 bits per heavy atom. The van der Waals surface area contributed by atoms with Gasteiger partial charge in [-0.3, -0.25) is 0 Å². The average Bonchev–Trinajstić information content (AvgIpc) is 3.06. The molecule has 1 aromatic heterocycles. The van der Waals surface area contributed by atoms with Crippen molar-refractivity contribution in [1.29, 1.82) is 5.26 Å². The number of hydrogen-bond donors (Lipinski definition) is 0. The molecule has 0 radical (unpaired) electrons. The van der Waals surface area contributed by atoms with Crippen molar-refractivity contribution in [3.05, 3.63) is 40.3 Å². The van der Waals surface area contributed by atoms with Crippen LogP contribution in [0.4, 0.5) is 5.88 Å². The van der Waals surface area contributed by atoms with E-state index in [-0.39, 0.29) is 22.4 Å². The number of anilines is 1. The van der Waals surface area contributed by atoms with Gasteiger partial charge in [-0.05, 0) is 37.1 Å². The van der Waals surface area contributed by atoms with E-state index in [0.29, 0.717) is 5.89 Å². The zero-order valence-corrected chi connectivity index (χ0v) is 16.2. The van der Waals surface area contributed by atoms with Gasteiger partial charge in [0.05, 0.1) is 4.90 Å². The Morgan fingerprint density at radius 3 is 2.48 bits per heavy atom. The molecule has 0 spiro atoms. The molecule has 0 aliphatic heterocycles. The smallest absolute Gasteiger partial charge is 0.266 e. The van der Waals surface area contributed by atoms with E-state index in [1.807, 2.05) is 6.07 Å². The minimum absolute atomic E-state index is 0.00348. The maximum Gasteiger partial charge on any atom is 0.266 e. The van der Waals surface area contributed by atoms with Crippen molar-refractivity contribution >= 4 is 31.8 Å². The fraction of sp³-hybridized carbons (Fsp3) is 0.412. The van der Waals surface area contributed by atoms with Crippen LogP contribution in [0.3, 0.4) is 0 Å². The monoisotopic (exact) mass is 423 g/mol. The third kappa shape index (κ3) is 3.58. The number of nitriles is 1. The first kappa shape index (κ1) is 18.0. The van der Waals surface area contributed by atoms with Crippen molar-refractivity contribution in [3.8, 4) is 6.07 Å². The van der Waals surface area contributed by atoms with E-state index >= 15 is 0 Å². The molecule has 25 heavy (non-hydrogen) atoms. The van der Waals surface area contributed by atoms with Crippen molar-refractivity contribution in [3.63, 3.8) is 0 Å². The lowest BCUT2D eigenvalue weighted by Crippen LogP contribution is -2.26. The lowest BCUT2D eigenvalue weighted by Gasteiger charge is -2.19. The minimum Gasteiger partial charge on any atom is -0.422 e. The number of nitrogens with zero attached hydrogens (tertiary/aromatic N) is 3. The molecule has 1 aliphatic rings. The number of sulfonamides is 1. The van der Waals surface area contributed by atoms with Crippen molar-refractivity contribution in [2.24, 2.45) is 0 Å². The summed E-state index contributed by atoms with van der Waals surface area (Å²) in [5.74, 6) is 0.591. The zero-order chi connectivity index (χ0) is 18.0. The fourth-order valence-electron chi connectivity index (χ4n) is 3.01. The Kier molecular flexibility index (Phi) is 5.16. The largest absolute Gasteiger partial charge is 0.422 e. The SMILES string of the molecule is CN(c1oc(C2CCCCC2)nc1C#N)S(=O)(=O)c1ccc(Br)cc1. The summed E-state index contributed by atoms with van der Waals surface area (Å²) in [5, 5.41) is 9.35. The number of rotatable bonds is 4. The molecule has 1 saturated carbocycles. The summed E-state index contributed by atoms with van der Waals surface area (Å²) >= 11 is 3.28. The molecule has 0 amide bonds. The highest BCUT2D eigenvalue weighted by atomic mass is 79.9. The lowest BCUT2D eigenvalue weighted by atomic mass is 9.89. The minimum atomic E-state index is -3.83. The van der Waals surface area contributed by atoms with Gasteiger partial charge in [0.25, 0.3) is 10.0 Å². The molecular weight excluding hydrogens is 406 g/mol. The molecule has 1 aromatic carbocycles. The van der Waals surface area contributed by atoms with Crippen LogP contribution in [0.1, 0.15) is 49.6 Å². The van der Waals surface area contributed by atoms with Gasteiger partial charge in [-0.2, -0.15) is 5.26 Å². The van der Waals surface area contributed by atoms with Crippen molar-refractivity contribution in [1.82, 2.24) is 4.98 Å². The zero-order valence-electron chi connectivity index (χ0n) is 13.8. The van der Waals surface area contributed by atoms with Gasteiger partial charge in [-0.15, -0.1) is 0 Å². The third-order valence-electron chi connectivity index (χ3n) is 4.44. The molecule has 1 heterocycles. The van der Waals surface area contributed by atoms with Crippen LogP contribution in [0.25, 0.3) is 0 Å². The van der Waals surface area contributed by atoms with E-state index in [2.05, 4.69) is 20.9 Å². The second-order valence-corrected chi connectivity index (χ2v) is 8.96. The summed E-state index contributed by atoms with van der Waals surface area (Å²) in [7, 11) is -2.45. The first-order valence-corrected chi connectivity index (χ1v) is 10.3. The molecule has 0 unspecified atom stereocenters. The third-order valence-corrected chi connectivity index (χ3v) is 6.73. The van der Waals surface area contributed by atoms with Crippen LogP contribution in [0.2, 0.25) is 0 Å². The van der Waals surface area contributed by atoms with Crippen LogP contribution in [0, 0.1) is 11.3 Å². The molecule has 1 aliphatic carbocycles. The number of halogens is 1. The van der Waals surface area contributed by atoms with E-state index in [4.69, 9.17) is 4.42 Å². The number of benzene rings is 1. The maximum absolute atomic E-state index is 12.8. The second kappa shape index (κ2) is 7.18. The molecule has 0 bridgehead atoms. The summed E-state index contributed by atoms with van der Waals surface area (Å²) in [5.41, 5.74) is 0.00348. The summed E-state index contributed by atoms with van der Waals surface area (Å²) < 4.78 is 33.1. The van der Waals surface area contributed by atoms with Gasteiger partial charge in [0, 0.05) is 17.4 Å². The lowest BCUT2D eigenvalue weighted by molar-refractivity contribution is 0.366. The first-order valence-electron chi connectivity index (χ1n) is 8.09. The Morgan fingerprint density at radius 2 is 1.88 bits per heavy atom. The fourth-order valence-corrected chi connectivity index (χ4v) is 4.42. The van der Waals surface area contributed by atoms with Crippen LogP contribution < -0.4 is 4.31 Å². The first-order chi connectivity index (χ1) is 11.9. The van der Waals surface area contributed by atoms with Crippen molar-refractivity contribution < 1.29 is 12.8 Å². The summed E-state index contributed by atoms with van der Waals surface area (Å²) in [6.45, 7) is 0. The second-order valence-electron chi connectivity index (χ2n) is 6.08. The van der Waals surface area contributed by atoms with Gasteiger partial charge in [0.1, 0.15) is 6.07 Å². The molecule has 3 rings (SSSR count). The molecule has 6 nitrogen and oxygen atoms in total. The standard InChI is InChI=1S/C17H18BrN3O3S/c1-21(25(22,23)14-9-7-13(18)8-10-14)17-15(11-19)20-16(24-17)12-5-3-2-4-6-12/h7-10,12H,2-6H2,1H3. The number of aromatic nitrogens is 1. The summed E-state index contributed by atoms with van der Waals surface area (Å²) in [6.07, 6.45) is 5.28. The van der Waals surface area contributed by atoms with E-state index in [1.165, 1.54) is 25.6 Å². The van der Waals surface area contributed by atoms with Gasteiger partial charge < -0.3 is 4.42 Å². The van der Waals surface area contributed by atoms with E-state index in [0.717, 1.165) is 34.5 Å². The van der Waals surface area contributed by atoms with Gasteiger partial charge in [-0.1, -0.05) is 35.2 Å².